The van der Waals surface area contributed by atoms with E-state index in [4.69, 9.17) is 25.5 Å². The van der Waals surface area contributed by atoms with Gasteiger partial charge in [-0.3, -0.25) is 9.78 Å². The average Bonchev–Trinajstić information content (AvgIpc) is 3.19. The molecule has 0 radical (unpaired) electrons. The van der Waals surface area contributed by atoms with E-state index in [-0.39, 0.29) is 23.3 Å². The molecule has 122 valence electrons. The van der Waals surface area contributed by atoms with E-state index in [1.165, 1.54) is 6.26 Å². The number of halogens is 1. The second kappa shape index (κ2) is 7.02. The minimum Gasteiger partial charge on any atom is -0.490 e. The summed E-state index contributed by atoms with van der Waals surface area (Å²) in [5.74, 6) is 0.491. The monoisotopic (exact) mass is 336 g/mol. The predicted octanol–water partition coefficient (Wildman–Crippen LogP) is 2.64. The van der Waals surface area contributed by atoms with Crippen molar-refractivity contribution < 1.29 is 18.7 Å². The molecule has 0 aromatic carbocycles. The summed E-state index contributed by atoms with van der Waals surface area (Å²) >= 11 is 5.92. The minimum atomic E-state index is -0.178. The number of nitrogens with zero attached hydrogens (tertiary/aromatic N) is 2. The Labute approximate surface area is 139 Å². The zero-order valence-corrected chi connectivity index (χ0v) is 13.4. The summed E-state index contributed by atoms with van der Waals surface area (Å²) in [6.07, 6.45) is 5.41. The molecule has 1 aliphatic heterocycles. The van der Waals surface area contributed by atoms with Crippen LogP contribution in [0.2, 0.25) is 5.22 Å². The lowest BCUT2D eigenvalue weighted by atomic mass is 10.2. The molecular formula is C16H17ClN2O4. The van der Waals surface area contributed by atoms with Crippen LogP contribution in [0.4, 0.5) is 0 Å². The van der Waals surface area contributed by atoms with E-state index in [1.54, 1.807) is 36.5 Å². The fourth-order valence-corrected chi connectivity index (χ4v) is 2.87. The van der Waals surface area contributed by atoms with E-state index >= 15 is 0 Å². The summed E-state index contributed by atoms with van der Waals surface area (Å²) in [5.41, 5.74) is 0.356. The first-order chi connectivity index (χ1) is 11.2. The van der Waals surface area contributed by atoms with Gasteiger partial charge in [-0.1, -0.05) is 0 Å². The number of methoxy groups -OCH3 is 1. The van der Waals surface area contributed by atoms with Gasteiger partial charge in [0.2, 0.25) is 5.22 Å². The quantitative estimate of drug-likeness (QED) is 0.839. The summed E-state index contributed by atoms with van der Waals surface area (Å²) in [5, 5.41) is 0.0998. The van der Waals surface area contributed by atoms with Crippen LogP contribution in [0.5, 0.6) is 5.75 Å². The SMILES string of the molecule is CO[C@@H]1C[C@@H](COc2cccnc2)N(C(=O)c2ccoc2Cl)C1. The standard InChI is InChI=1S/C16H17ClN2O4/c1-21-13-7-11(10-23-12-3-2-5-18-8-12)19(9-13)16(20)14-4-6-22-15(14)17/h2-6,8,11,13H,7,9-10H2,1H3/t11-,13+/m0/s1. The third-order valence-electron chi connectivity index (χ3n) is 3.90. The number of amides is 1. The maximum Gasteiger partial charge on any atom is 0.259 e. The molecule has 1 saturated heterocycles. The van der Waals surface area contributed by atoms with Crippen LogP contribution in [-0.2, 0) is 4.74 Å². The Balaban J connectivity index is 1.71. The molecule has 0 N–H and O–H groups in total. The molecule has 0 spiro atoms. The Morgan fingerprint density at radius 3 is 3.04 bits per heavy atom. The number of hydrogen-bond acceptors (Lipinski definition) is 5. The van der Waals surface area contributed by atoms with Gasteiger partial charge in [0.15, 0.2) is 0 Å². The lowest BCUT2D eigenvalue weighted by Crippen LogP contribution is -2.39. The van der Waals surface area contributed by atoms with Crippen molar-refractivity contribution >= 4 is 17.5 Å². The van der Waals surface area contributed by atoms with E-state index in [2.05, 4.69) is 4.98 Å². The second-order valence-corrected chi connectivity index (χ2v) is 5.66. The molecule has 0 bridgehead atoms. The average molecular weight is 337 g/mol. The number of aromatic nitrogens is 1. The summed E-state index contributed by atoms with van der Waals surface area (Å²) < 4.78 is 16.2. The topological polar surface area (TPSA) is 64.8 Å². The Morgan fingerprint density at radius 2 is 2.39 bits per heavy atom. The first-order valence-electron chi connectivity index (χ1n) is 7.28. The van der Waals surface area contributed by atoms with Gasteiger partial charge in [-0.05, 0) is 36.2 Å². The maximum absolute atomic E-state index is 12.7. The van der Waals surface area contributed by atoms with Crippen molar-refractivity contribution in [2.75, 3.05) is 20.3 Å². The number of furan rings is 1. The normalized spacial score (nSPS) is 20.7. The molecule has 23 heavy (non-hydrogen) atoms. The van der Waals surface area contributed by atoms with E-state index in [0.29, 0.717) is 30.9 Å². The highest BCUT2D eigenvalue weighted by Gasteiger charge is 2.37. The maximum atomic E-state index is 12.7. The lowest BCUT2D eigenvalue weighted by molar-refractivity contribution is 0.0657. The zero-order chi connectivity index (χ0) is 16.2. The van der Waals surface area contributed by atoms with E-state index in [1.807, 2.05) is 6.07 Å². The Bertz CT molecular complexity index is 661. The molecule has 7 heteroatoms. The van der Waals surface area contributed by atoms with E-state index in [0.717, 1.165) is 0 Å². The summed E-state index contributed by atoms with van der Waals surface area (Å²) in [6, 6.07) is 5.10. The molecular weight excluding hydrogens is 320 g/mol. The van der Waals surface area contributed by atoms with Crippen LogP contribution in [-0.4, -0.2) is 48.2 Å². The number of carbonyl (C=O) groups excluding carboxylic acids is 1. The van der Waals surface area contributed by atoms with Gasteiger partial charge < -0.3 is 18.8 Å². The largest absolute Gasteiger partial charge is 0.490 e. The van der Waals surface area contributed by atoms with Crippen molar-refractivity contribution in [3.05, 3.63) is 47.6 Å². The molecule has 2 atom stereocenters. The number of ether oxygens (including phenoxy) is 2. The van der Waals surface area contributed by atoms with Crippen molar-refractivity contribution in [1.82, 2.24) is 9.88 Å². The number of pyridine rings is 1. The van der Waals surface area contributed by atoms with Crippen molar-refractivity contribution in [1.29, 1.82) is 0 Å². The predicted molar refractivity (Wildman–Crippen MR) is 83.7 cm³/mol. The Morgan fingerprint density at radius 1 is 1.52 bits per heavy atom. The van der Waals surface area contributed by atoms with E-state index < -0.39 is 0 Å². The van der Waals surface area contributed by atoms with Gasteiger partial charge in [-0.15, -0.1) is 0 Å². The molecule has 0 aliphatic carbocycles. The second-order valence-electron chi connectivity index (χ2n) is 5.31. The molecule has 2 aromatic heterocycles. The third kappa shape index (κ3) is 3.48. The van der Waals surface area contributed by atoms with Gasteiger partial charge >= 0.3 is 0 Å². The van der Waals surface area contributed by atoms with Gasteiger partial charge in [0, 0.05) is 19.9 Å². The van der Waals surface area contributed by atoms with Gasteiger partial charge in [-0.25, -0.2) is 0 Å². The zero-order valence-electron chi connectivity index (χ0n) is 12.6. The van der Waals surface area contributed by atoms with Crippen molar-refractivity contribution in [3.8, 4) is 5.75 Å². The molecule has 0 saturated carbocycles. The number of likely N-dealkylation sites (tertiary alicyclic amines) is 1. The van der Waals surface area contributed by atoms with Gasteiger partial charge in [0.25, 0.3) is 5.91 Å². The van der Waals surface area contributed by atoms with Crippen molar-refractivity contribution in [2.45, 2.75) is 18.6 Å². The van der Waals surface area contributed by atoms with Gasteiger partial charge in [0.1, 0.15) is 12.4 Å². The van der Waals surface area contributed by atoms with E-state index in [9.17, 15) is 4.79 Å². The summed E-state index contributed by atoms with van der Waals surface area (Å²) in [6.45, 7) is 0.866. The molecule has 0 unspecified atom stereocenters. The van der Waals surface area contributed by atoms with Crippen LogP contribution in [0.25, 0.3) is 0 Å². The molecule has 3 heterocycles. The van der Waals surface area contributed by atoms with Gasteiger partial charge in [-0.2, -0.15) is 0 Å². The smallest absolute Gasteiger partial charge is 0.259 e. The molecule has 6 nitrogen and oxygen atoms in total. The third-order valence-corrected chi connectivity index (χ3v) is 4.19. The summed E-state index contributed by atoms with van der Waals surface area (Å²) in [4.78, 5) is 18.4. The van der Waals surface area contributed by atoms with Crippen LogP contribution < -0.4 is 4.74 Å². The van der Waals surface area contributed by atoms with Crippen LogP contribution in [0.15, 0.2) is 41.3 Å². The number of carbonyl (C=O) groups is 1. The fourth-order valence-electron chi connectivity index (χ4n) is 2.68. The van der Waals surface area contributed by atoms with Crippen molar-refractivity contribution in [2.24, 2.45) is 0 Å². The first kappa shape index (κ1) is 15.8. The molecule has 3 rings (SSSR count). The molecule has 1 aliphatic rings. The molecule has 1 amide bonds. The fraction of sp³-hybridized carbons (Fsp3) is 0.375. The number of hydrogen-bond donors (Lipinski definition) is 0. The minimum absolute atomic E-state index is 0.0212. The lowest BCUT2D eigenvalue weighted by Gasteiger charge is -2.24. The highest BCUT2D eigenvalue weighted by atomic mass is 35.5. The van der Waals surface area contributed by atoms with Crippen LogP contribution in [0, 0.1) is 0 Å². The Kier molecular flexibility index (Phi) is 4.83. The highest BCUT2D eigenvalue weighted by Crippen LogP contribution is 2.26. The summed E-state index contributed by atoms with van der Waals surface area (Å²) in [7, 11) is 1.64. The van der Waals surface area contributed by atoms with Crippen molar-refractivity contribution in [3.63, 3.8) is 0 Å². The van der Waals surface area contributed by atoms with Gasteiger partial charge in [0.05, 0.1) is 30.2 Å². The highest BCUT2D eigenvalue weighted by molar-refractivity contribution is 6.32. The van der Waals surface area contributed by atoms with Crippen LogP contribution in [0.1, 0.15) is 16.8 Å². The first-order valence-corrected chi connectivity index (χ1v) is 7.66. The van der Waals surface area contributed by atoms with Crippen LogP contribution in [0.3, 0.4) is 0 Å². The number of rotatable bonds is 5. The molecule has 2 aromatic rings. The Hall–Kier alpha value is -2.05. The van der Waals surface area contributed by atoms with Crippen LogP contribution >= 0.6 is 11.6 Å². The molecule has 1 fully saturated rings.